The minimum absolute atomic E-state index is 0.101. The van der Waals surface area contributed by atoms with Crippen molar-refractivity contribution < 1.29 is 32.0 Å². The van der Waals surface area contributed by atoms with Crippen LogP contribution in [-0.4, -0.2) is 53.0 Å². The average Bonchev–Trinajstić information content (AvgIpc) is 3.13. The van der Waals surface area contributed by atoms with E-state index < -0.39 is 44.2 Å². The first-order chi connectivity index (χ1) is 12.8. The Morgan fingerprint density at radius 2 is 2.11 bits per heavy atom. The molecule has 1 saturated heterocycles. The van der Waals surface area contributed by atoms with E-state index in [1.54, 1.807) is 0 Å². The number of carboxylic acid groups (broad SMARTS) is 1. The molecular formula is C16H16FN3O6S. The van der Waals surface area contributed by atoms with Crippen LogP contribution < -0.4 is 0 Å². The summed E-state index contributed by atoms with van der Waals surface area (Å²) in [6, 6.07) is 1.94. The molecule has 1 aromatic heterocycles. The van der Waals surface area contributed by atoms with Crippen molar-refractivity contribution in [1.82, 2.24) is 15.0 Å². The van der Waals surface area contributed by atoms with Gasteiger partial charge < -0.3 is 14.5 Å². The molecule has 11 heteroatoms. The van der Waals surface area contributed by atoms with Gasteiger partial charge in [0.15, 0.2) is 15.7 Å². The van der Waals surface area contributed by atoms with Crippen LogP contribution in [0.2, 0.25) is 0 Å². The molecule has 0 radical (unpaired) electrons. The first-order valence-electron chi connectivity index (χ1n) is 8.11. The zero-order valence-corrected chi connectivity index (χ0v) is 14.9. The van der Waals surface area contributed by atoms with Crippen molar-refractivity contribution in [1.29, 1.82) is 0 Å². The number of nitrogens with zero attached hydrogens (tertiary/aromatic N) is 3. The molecule has 1 aliphatic rings. The fourth-order valence-electron chi connectivity index (χ4n) is 2.98. The van der Waals surface area contributed by atoms with Crippen molar-refractivity contribution in [3.05, 3.63) is 41.8 Å². The Bertz CT molecular complexity index is 961. The van der Waals surface area contributed by atoms with Crippen molar-refractivity contribution >= 4 is 21.7 Å². The van der Waals surface area contributed by atoms with E-state index in [0.717, 1.165) is 24.6 Å². The molecule has 1 aromatic carbocycles. The van der Waals surface area contributed by atoms with Gasteiger partial charge in [0.1, 0.15) is 22.5 Å². The van der Waals surface area contributed by atoms with E-state index in [0.29, 0.717) is 19.3 Å². The van der Waals surface area contributed by atoms with E-state index in [-0.39, 0.29) is 17.9 Å². The number of aliphatic carboxylic acids is 1. The normalized spacial score (nSPS) is 17.7. The molecule has 1 atom stereocenters. The van der Waals surface area contributed by atoms with Crippen molar-refractivity contribution in [3.63, 3.8) is 0 Å². The summed E-state index contributed by atoms with van der Waals surface area (Å²) in [5, 5.41) is 12.7. The summed E-state index contributed by atoms with van der Waals surface area (Å²) in [5.41, 5.74) is -0.101. The number of aromatic nitrogens is 2. The van der Waals surface area contributed by atoms with E-state index in [2.05, 4.69) is 14.7 Å². The van der Waals surface area contributed by atoms with Gasteiger partial charge in [-0.15, -0.1) is 0 Å². The Morgan fingerprint density at radius 1 is 1.33 bits per heavy atom. The van der Waals surface area contributed by atoms with Crippen LogP contribution in [0.4, 0.5) is 4.39 Å². The minimum atomic E-state index is -4.18. The molecule has 0 bridgehead atoms. The Hall–Kier alpha value is -2.82. The van der Waals surface area contributed by atoms with Crippen molar-refractivity contribution in [3.8, 4) is 0 Å². The molecule has 1 unspecified atom stereocenters. The molecule has 1 N–H and O–H groups in total. The molecule has 0 spiro atoms. The lowest BCUT2D eigenvalue weighted by molar-refractivity contribution is -0.143. The van der Waals surface area contributed by atoms with Crippen molar-refractivity contribution in [2.24, 2.45) is 0 Å². The number of hydrogen-bond acceptors (Lipinski definition) is 7. The van der Waals surface area contributed by atoms with E-state index in [4.69, 9.17) is 0 Å². The molecule has 0 aliphatic carbocycles. The van der Waals surface area contributed by atoms with Crippen LogP contribution in [-0.2, 0) is 20.4 Å². The van der Waals surface area contributed by atoms with Gasteiger partial charge in [-0.1, -0.05) is 5.16 Å². The molecule has 27 heavy (non-hydrogen) atoms. The summed E-state index contributed by atoms with van der Waals surface area (Å²) in [7, 11) is -4.18. The molecule has 2 heterocycles. The van der Waals surface area contributed by atoms with Gasteiger partial charge in [0, 0.05) is 12.1 Å². The number of hydrogen-bond donors (Lipinski definition) is 1. The van der Waals surface area contributed by atoms with Crippen LogP contribution in [0.25, 0.3) is 0 Å². The van der Waals surface area contributed by atoms with E-state index >= 15 is 0 Å². The van der Waals surface area contributed by atoms with Gasteiger partial charge in [-0.05, 0) is 37.5 Å². The van der Waals surface area contributed by atoms with E-state index in [1.165, 1.54) is 4.90 Å². The summed E-state index contributed by atoms with van der Waals surface area (Å²) in [6.45, 7) is 0.234. The first-order valence-corrected chi connectivity index (χ1v) is 9.76. The molecular weight excluding hydrogens is 381 g/mol. The zero-order valence-electron chi connectivity index (χ0n) is 14.0. The summed E-state index contributed by atoms with van der Waals surface area (Å²) in [4.78, 5) is 28.2. The maximum absolute atomic E-state index is 14.1. The predicted octanol–water partition coefficient (Wildman–Crippen LogP) is 1.26. The number of benzene rings is 1. The van der Waals surface area contributed by atoms with Crippen LogP contribution in [0, 0.1) is 5.82 Å². The van der Waals surface area contributed by atoms with Crippen LogP contribution in [0.3, 0.4) is 0 Å². The lowest BCUT2D eigenvalue weighted by atomic mass is 10.0. The third-order valence-electron chi connectivity index (χ3n) is 4.29. The highest BCUT2D eigenvalue weighted by Gasteiger charge is 2.33. The molecule has 1 fully saturated rings. The maximum Gasteiger partial charge on any atom is 0.326 e. The Balaban J connectivity index is 1.92. The number of halogens is 1. The maximum atomic E-state index is 14.1. The standard InChI is InChI=1S/C16H16FN3O6S/c17-11-5-4-10(15(21)20-6-2-1-3-12(20)16(22)23)7-13(11)27(24,25)8-14-18-9-26-19-14/h4-5,7,9,12H,1-3,6,8H2,(H,22,23). The molecule has 9 nitrogen and oxygen atoms in total. The van der Waals surface area contributed by atoms with Gasteiger partial charge in [0.2, 0.25) is 6.39 Å². The lowest BCUT2D eigenvalue weighted by Gasteiger charge is -2.33. The smallest absolute Gasteiger partial charge is 0.326 e. The van der Waals surface area contributed by atoms with Crippen LogP contribution >= 0.6 is 0 Å². The molecule has 3 rings (SSSR count). The number of piperidine rings is 1. The molecule has 2 aromatic rings. The van der Waals surface area contributed by atoms with Crippen LogP contribution in [0.15, 0.2) is 34.0 Å². The van der Waals surface area contributed by atoms with Crippen LogP contribution in [0.5, 0.6) is 0 Å². The van der Waals surface area contributed by atoms with Crippen molar-refractivity contribution in [2.75, 3.05) is 6.54 Å². The van der Waals surface area contributed by atoms with Gasteiger partial charge in [-0.3, -0.25) is 4.79 Å². The quantitative estimate of drug-likeness (QED) is 0.798. The van der Waals surface area contributed by atoms with E-state index in [9.17, 15) is 27.5 Å². The third kappa shape index (κ3) is 3.97. The predicted molar refractivity (Wildman–Crippen MR) is 87.9 cm³/mol. The number of carboxylic acids is 1. The highest BCUT2D eigenvalue weighted by molar-refractivity contribution is 7.90. The van der Waals surface area contributed by atoms with Crippen molar-refractivity contribution in [2.45, 2.75) is 36.0 Å². The Kier molecular flexibility index (Phi) is 5.22. The van der Waals surface area contributed by atoms with Gasteiger partial charge >= 0.3 is 5.97 Å². The van der Waals surface area contributed by atoms with E-state index in [1.807, 2.05) is 0 Å². The highest BCUT2D eigenvalue weighted by Crippen LogP contribution is 2.24. The van der Waals surface area contributed by atoms with Gasteiger partial charge in [0.25, 0.3) is 5.91 Å². The average molecular weight is 397 g/mol. The second-order valence-electron chi connectivity index (χ2n) is 6.10. The Labute approximate surface area is 153 Å². The SMILES string of the molecule is O=C(O)C1CCCCN1C(=O)c1ccc(F)c(S(=O)(=O)Cc2ncon2)c1. The first kappa shape index (κ1) is 19.0. The molecule has 1 amide bonds. The summed E-state index contributed by atoms with van der Waals surface area (Å²) in [6.07, 6.45) is 2.57. The van der Waals surface area contributed by atoms with Gasteiger partial charge in [0.05, 0.1) is 0 Å². The minimum Gasteiger partial charge on any atom is -0.480 e. The number of likely N-dealkylation sites (tertiary alicyclic amines) is 1. The largest absolute Gasteiger partial charge is 0.480 e. The number of carbonyl (C=O) groups excluding carboxylic acids is 1. The number of sulfone groups is 1. The molecule has 0 saturated carbocycles. The lowest BCUT2D eigenvalue weighted by Crippen LogP contribution is -2.48. The molecule has 1 aliphatic heterocycles. The van der Waals surface area contributed by atoms with Gasteiger partial charge in [-0.25, -0.2) is 17.6 Å². The molecule has 144 valence electrons. The summed E-state index contributed by atoms with van der Waals surface area (Å²) in [5.74, 6) is -3.65. The second-order valence-corrected chi connectivity index (χ2v) is 8.06. The van der Waals surface area contributed by atoms with Crippen LogP contribution in [0.1, 0.15) is 35.4 Å². The fraction of sp³-hybridized carbons (Fsp3) is 0.375. The number of amides is 1. The number of rotatable bonds is 5. The fourth-order valence-corrected chi connectivity index (χ4v) is 4.27. The third-order valence-corrected chi connectivity index (χ3v) is 5.91. The summed E-state index contributed by atoms with van der Waals surface area (Å²) < 4.78 is 43.5. The zero-order chi connectivity index (χ0) is 19.6. The topological polar surface area (TPSA) is 131 Å². The Morgan fingerprint density at radius 3 is 2.78 bits per heavy atom. The second kappa shape index (κ2) is 7.43. The van der Waals surface area contributed by atoms with Gasteiger partial charge in [-0.2, -0.15) is 4.98 Å². The summed E-state index contributed by atoms with van der Waals surface area (Å²) >= 11 is 0. The number of carbonyl (C=O) groups is 2. The highest BCUT2D eigenvalue weighted by atomic mass is 32.2. The monoisotopic (exact) mass is 397 g/mol.